The molecule has 1 aliphatic rings. The lowest BCUT2D eigenvalue weighted by molar-refractivity contribution is 0.0862. The van der Waals surface area contributed by atoms with Gasteiger partial charge in [-0.15, -0.1) is 21.5 Å². The molecule has 1 aliphatic carbocycles. The Morgan fingerprint density at radius 3 is 2.95 bits per heavy atom. The summed E-state index contributed by atoms with van der Waals surface area (Å²) in [4.78, 5) is 3.23. The lowest BCUT2D eigenvalue weighted by atomic mass is 9.91. The maximum Gasteiger partial charge on any atom is 0.257 e. The fraction of sp³-hybridized carbons (Fsp3) is 0.538. The molecule has 0 aliphatic heterocycles. The highest BCUT2D eigenvalue weighted by Crippen LogP contribution is 2.27. The first-order valence-corrected chi connectivity index (χ1v) is 7.46. The van der Waals surface area contributed by atoms with Crippen LogP contribution in [0.4, 0.5) is 0 Å². The first-order valence-electron chi connectivity index (χ1n) is 6.58. The van der Waals surface area contributed by atoms with E-state index >= 15 is 0 Å². The highest BCUT2D eigenvalue weighted by molar-refractivity contribution is 7.13. The van der Waals surface area contributed by atoms with E-state index in [4.69, 9.17) is 9.52 Å². The van der Waals surface area contributed by atoms with Crippen molar-refractivity contribution in [1.29, 1.82) is 0 Å². The molecule has 1 N–H and O–H groups in total. The lowest BCUT2D eigenvalue weighted by Gasteiger charge is -2.36. The zero-order chi connectivity index (χ0) is 13.1. The van der Waals surface area contributed by atoms with Gasteiger partial charge in [-0.3, -0.25) is 4.90 Å². The SMILES string of the molecule is OCCN(Cc1nnc(-c2cccs2)o1)C1CCC1. The number of nitrogens with zero attached hydrogens (tertiary/aromatic N) is 3. The van der Waals surface area contributed by atoms with Crippen molar-refractivity contribution in [3.8, 4) is 10.8 Å². The minimum atomic E-state index is 0.169. The Kier molecular flexibility index (Phi) is 3.91. The molecule has 5 nitrogen and oxygen atoms in total. The fourth-order valence-corrected chi connectivity index (χ4v) is 2.91. The maximum atomic E-state index is 9.13. The summed E-state index contributed by atoms with van der Waals surface area (Å²) >= 11 is 1.59. The second-order valence-electron chi connectivity index (χ2n) is 4.76. The van der Waals surface area contributed by atoms with E-state index in [1.807, 2.05) is 17.5 Å². The van der Waals surface area contributed by atoms with Crippen molar-refractivity contribution in [2.75, 3.05) is 13.2 Å². The van der Waals surface area contributed by atoms with E-state index in [-0.39, 0.29) is 6.61 Å². The number of rotatable bonds is 6. The molecule has 0 spiro atoms. The lowest BCUT2D eigenvalue weighted by Crippen LogP contribution is -2.41. The molecule has 0 bridgehead atoms. The highest BCUT2D eigenvalue weighted by Gasteiger charge is 2.26. The van der Waals surface area contributed by atoms with Crippen LogP contribution in [-0.4, -0.2) is 39.4 Å². The first kappa shape index (κ1) is 12.8. The average molecular weight is 279 g/mol. The molecule has 102 valence electrons. The van der Waals surface area contributed by atoms with Crippen molar-refractivity contribution in [3.05, 3.63) is 23.4 Å². The topological polar surface area (TPSA) is 62.4 Å². The molecule has 1 saturated carbocycles. The third kappa shape index (κ3) is 2.86. The molecular formula is C13H17N3O2S. The van der Waals surface area contributed by atoms with Gasteiger partial charge in [0, 0.05) is 12.6 Å². The summed E-state index contributed by atoms with van der Waals surface area (Å²) < 4.78 is 5.69. The van der Waals surface area contributed by atoms with Gasteiger partial charge in [-0.25, -0.2) is 0 Å². The van der Waals surface area contributed by atoms with E-state index in [9.17, 15) is 0 Å². The smallest absolute Gasteiger partial charge is 0.257 e. The Labute approximate surface area is 115 Å². The molecule has 0 saturated heterocycles. The molecule has 1 fully saturated rings. The Bertz CT molecular complexity index is 508. The Balaban J connectivity index is 1.68. The van der Waals surface area contributed by atoms with Crippen molar-refractivity contribution < 1.29 is 9.52 Å². The molecule has 19 heavy (non-hydrogen) atoms. The number of thiophene rings is 1. The third-order valence-electron chi connectivity index (χ3n) is 3.52. The monoisotopic (exact) mass is 279 g/mol. The molecule has 0 aromatic carbocycles. The Morgan fingerprint density at radius 2 is 2.32 bits per heavy atom. The molecule has 0 atom stereocenters. The van der Waals surface area contributed by atoms with Crippen molar-refractivity contribution in [1.82, 2.24) is 15.1 Å². The molecule has 0 unspecified atom stereocenters. The largest absolute Gasteiger partial charge is 0.419 e. The van der Waals surface area contributed by atoms with Crippen LogP contribution in [0.25, 0.3) is 10.8 Å². The summed E-state index contributed by atoms with van der Waals surface area (Å²) in [6, 6.07) is 4.50. The number of hydrogen-bond donors (Lipinski definition) is 1. The predicted molar refractivity (Wildman–Crippen MR) is 72.7 cm³/mol. The molecule has 2 aromatic heterocycles. The number of aliphatic hydroxyl groups excluding tert-OH is 1. The molecule has 2 aromatic rings. The molecule has 0 amide bonds. The predicted octanol–water partition coefficient (Wildman–Crippen LogP) is 2.14. The van der Waals surface area contributed by atoms with E-state index in [2.05, 4.69) is 15.1 Å². The second kappa shape index (κ2) is 5.81. The van der Waals surface area contributed by atoms with Gasteiger partial charge in [-0.05, 0) is 24.3 Å². The maximum absolute atomic E-state index is 9.13. The summed E-state index contributed by atoms with van der Waals surface area (Å²) in [6.07, 6.45) is 3.68. The van der Waals surface area contributed by atoms with Crippen molar-refractivity contribution >= 4 is 11.3 Å². The standard InChI is InChI=1S/C13H17N3O2S/c17-7-6-16(10-3-1-4-10)9-12-14-15-13(18-12)11-5-2-8-19-11/h2,5,8,10,17H,1,3-4,6-7,9H2. The quantitative estimate of drug-likeness (QED) is 0.877. The van der Waals surface area contributed by atoms with Gasteiger partial charge in [0.25, 0.3) is 5.89 Å². The zero-order valence-corrected chi connectivity index (χ0v) is 11.5. The van der Waals surface area contributed by atoms with E-state index < -0.39 is 0 Å². The first-order chi connectivity index (χ1) is 9.36. The van der Waals surface area contributed by atoms with Crippen LogP contribution in [0, 0.1) is 0 Å². The minimum Gasteiger partial charge on any atom is -0.419 e. The number of hydrogen-bond acceptors (Lipinski definition) is 6. The van der Waals surface area contributed by atoms with Gasteiger partial charge in [-0.2, -0.15) is 0 Å². The molecule has 6 heteroatoms. The summed E-state index contributed by atoms with van der Waals surface area (Å²) in [5.74, 6) is 1.21. The van der Waals surface area contributed by atoms with Crippen LogP contribution in [0.1, 0.15) is 25.2 Å². The van der Waals surface area contributed by atoms with Crippen molar-refractivity contribution in [2.24, 2.45) is 0 Å². The Hall–Kier alpha value is -1.24. The summed E-state index contributed by atoms with van der Waals surface area (Å²) in [5, 5.41) is 19.3. The highest BCUT2D eigenvalue weighted by atomic mass is 32.1. The molecular weight excluding hydrogens is 262 g/mol. The van der Waals surface area contributed by atoms with Crippen LogP contribution in [0.3, 0.4) is 0 Å². The second-order valence-corrected chi connectivity index (χ2v) is 5.70. The van der Waals surface area contributed by atoms with Gasteiger partial charge in [0.05, 0.1) is 18.0 Å². The van der Waals surface area contributed by atoms with E-state index in [1.54, 1.807) is 11.3 Å². The molecule has 0 radical (unpaired) electrons. The minimum absolute atomic E-state index is 0.169. The Morgan fingerprint density at radius 1 is 1.42 bits per heavy atom. The van der Waals surface area contributed by atoms with Crippen LogP contribution < -0.4 is 0 Å². The van der Waals surface area contributed by atoms with Crippen LogP contribution in [-0.2, 0) is 6.54 Å². The third-order valence-corrected chi connectivity index (χ3v) is 4.37. The van der Waals surface area contributed by atoms with Gasteiger partial charge in [-0.1, -0.05) is 12.5 Å². The van der Waals surface area contributed by atoms with Crippen LogP contribution in [0.15, 0.2) is 21.9 Å². The van der Waals surface area contributed by atoms with Gasteiger partial charge in [0.15, 0.2) is 0 Å². The molecule has 2 heterocycles. The normalized spacial score (nSPS) is 15.9. The summed E-state index contributed by atoms with van der Waals surface area (Å²) in [7, 11) is 0. The van der Waals surface area contributed by atoms with E-state index in [1.165, 1.54) is 19.3 Å². The summed E-state index contributed by atoms with van der Waals surface area (Å²) in [5.41, 5.74) is 0. The van der Waals surface area contributed by atoms with Gasteiger partial charge >= 0.3 is 0 Å². The van der Waals surface area contributed by atoms with E-state index in [0.29, 0.717) is 30.9 Å². The van der Waals surface area contributed by atoms with Crippen molar-refractivity contribution in [3.63, 3.8) is 0 Å². The van der Waals surface area contributed by atoms with Crippen LogP contribution in [0.2, 0.25) is 0 Å². The average Bonchev–Trinajstić information content (AvgIpc) is 2.95. The fourth-order valence-electron chi connectivity index (χ4n) is 2.26. The number of aromatic nitrogens is 2. The van der Waals surface area contributed by atoms with Gasteiger partial charge in [0.1, 0.15) is 0 Å². The molecule has 3 rings (SSSR count). The van der Waals surface area contributed by atoms with Crippen molar-refractivity contribution in [2.45, 2.75) is 31.8 Å². The van der Waals surface area contributed by atoms with Crippen LogP contribution >= 0.6 is 11.3 Å². The van der Waals surface area contributed by atoms with Crippen LogP contribution in [0.5, 0.6) is 0 Å². The zero-order valence-electron chi connectivity index (χ0n) is 10.7. The van der Waals surface area contributed by atoms with Gasteiger partial charge in [0.2, 0.25) is 5.89 Å². The van der Waals surface area contributed by atoms with Gasteiger partial charge < -0.3 is 9.52 Å². The summed E-state index contributed by atoms with van der Waals surface area (Å²) in [6.45, 7) is 1.47. The van der Waals surface area contributed by atoms with E-state index in [0.717, 1.165) is 4.88 Å². The number of aliphatic hydroxyl groups is 1.